The highest BCUT2D eigenvalue weighted by Crippen LogP contribution is 2.19. The van der Waals surface area contributed by atoms with Crippen molar-refractivity contribution in [3.8, 4) is 5.69 Å². The van der Waals surface area contributed by atoms with E-state index in [1.54, 1.807) is 0 Å². The molecule has 1 heterocycles. The Morgan fingerprint density at radius 1 is 1.17 bits per heavy atom. The molecule has 1 aromatic heterocycles. The molecule has 0 N–H and O–H groups in total. The fourth-order valence-corrected chi connectivity index (χ4v) is 2.77. The summed E-state index contributed by atoms with van der Waals surface area (Å²) in [5.41, 5.74) is 4.28. The molecule has 124 valence electrons. The Hall–Kier alpha value is -2.10. The first-order valence-electron chi connectivity index (χ1n) is 8.39. The van der Waals surface area contributed by atoms with E-state index in [2.05, 4.69) is 18.9 Å². The van der Waals surface area contributed by atoms with E-state index < -0.39 is 0 Å². The lowest BCUT2D eigenvalue weighted by atomic mass is 10.1. The van der Waals surface area contributed by atoms with Crippen molar-refractivity contribution in [1.29, 1.82) is 0 Å². The largest absolute Gasteiger partial charge is 0.341 e. The molecule has 1 amide bonds. The van der Waals surface area contributed by atoms with Crippen LogP contribution in [0.25, 0.3) is 5.69 Å². The van der Waals surface area contributed by atoms with E-state index in [4.69, 9.17) is 0 Å². The zero-order valence-corrected chi connectivity index (χ0v) is 14.7. The van der Waals surface area contributed by atoms with Crippen LogP contribution in [0.2, 0.25) is 0 Å². The maximum atomic E-state index is 12.2. The van der Waals surface area contributed by atoms with E-state index in [0.717, 1.165) is 41.9 Å². The van der Waals surface area contributed by atoms with Crippen LogP contribution >= 0.6 is 0 Å². The van der Waals surface area contributed by atoms with Crippen LogP contribution in [0.4, 0.5) is 0 Å². The molecule has 0 aliphatic heterocycles. The van der Waals surface area contributed by atoms with E-state index in [-0.39, 0.29) is 5.91 Å². The zero-order chi connectivity index (χ0) is 16.8. The van der Waals surface area contributed by atoms with Crippen molar-refractivity contribution in [3.63, 3.8) is 0 Å². The summed E-state index contributed by atoms with van der Waals surface area (Å²) < 4.78 is 1.96. The highest BCUT2D eigenvalue weighted by molar-refractivity contribution is 5.75. The second-order valence-corrected chi connectivity index (χ2v) is 6.10. The molecule has 0 radical (unpaired) electrons. The maximum absolute atomic E-state index is 12.2. The second kappa shape index (κ2) is 7.95. The molecule has 0 aliphatic rings. The summed E-state index contributed by atoms with van der Waals surface area (Å²) in [6.07, 6.45) is 3.86. The van der Waals surface area contributed by atoms with Crippen LogP contribution in [0.1, 0.15) is 49.6 Å². The molecule has 0 bridgehead atoms. The maximum Gasteiger partial charge on any atom is 0.222 e. The van der Waals surface area contributed by atoms with Gasteiger partial charge in [-0.25, -0.2) is 4.68 Å². The predicted octanol–water partition coefficient (Wildman–Crippen LogP) is 4.03. The summed E-state index contributed by atoms with van der Waals surface area (Å²) in [5, 5.41) is 4.65. The number of para-hydroxylation sites is 1. The lowest BCUT2D eigenvalue weighted by Gasteiger charge is -2.17. The van der Waals surface area contributed by atoms with Crippen LogP contribution in [0.5, 0.6) is 0 Å². The lowest BCUT2D eigenvalue weighted by molar-refractivity contribution is -0.130. The Balaban J connectivity index is 2.12. The normalized spacial score (nSPS) is 10.8. The minimum atomic E-state index is 0.213. The van der Waals surface area contributed by atoms with E-state index in [0.29, 0.717) is 13.0 Å². The van der Waals surface area contributed by atoms with E-state index in [9.17, 15) is 4.79 Å². The standard InChI is InChI=1S/C19H27N3O/c1-5-6-8-13-19(23)21(4)14-18-15(2)20-22(16(18)3)17-11-9-7-10-12-17/h7,9-12H,5-6,8,13-14H2,1-4H3. The van der Waals surface area contributed by atoms with Crippen molar-refractivity contribution in [2.24, 2.45) is 0 Å². The average Bonchev–Trinajstić information content (AvgIpc) is 2.84. The SMILES string of the molecule is CCCCCC(=O)N(C)Cc1c(C)nn(-c2ccccc2)c1C. The smallest absolute Gasteiger partial charge is 0.222 e. The van der Waals surface area contributed by atoms with Gasteiger partial charge in [0.1, 0.15) is 0 Å². The zero-order valence-electron chi connectivity index (χ0n) is 14.7. The Morgan fingerprint density at radius 3 is 2.52 bits per heavy atom. The molecule has 2 rings (SSSR count). The van der Waals surface area contributed by atoms with Crippen molar-refractivity contribution < 1.29 is 4.79 Å². The third-order valence-corrected chi connectivity index (χ3v) is 4.26. The van der Waals surface area contributed by atoms with Crippen molar-refractivity contribution >= 4 is 5.91 Å². The van der Waals surface area contributed by atoms with Gasteiger partial charge in [0.05, 0.1) is 11.4 Å². The molecule has 4 nitrogen and oxygen atoms in total. The fourth-order valence-electron chi connectivity index (χ4n) is 2.77. The lowest BCUT2D eigenvalue weighted by Crippen LogP contribution is -2.26. The first kappa shape index (κ1) is 17.3. The Kier molecular flexibility index (Phi) is 5.97. The summed E-state index contributed by atoms with van der Waals surface area (Å²) in [7, 11) is 1.88. The summed E-state index contributed by atoms with van der Waals surface area (Å²) in [4.78, 5) is 14.0. The predicted molar refractivity (Wildman–Crippen MR) is 93.7 cm³/mol. The minimum absolute atomic E-state index is 0.213. The molecule has 0 aliphatic carbocycles. The van der Waals surface area contributed by atoms with Crippen molar-refractivity contribution in [1.82, 2.24) is 14.7 Å². The van der Waals surface area contributed by atoms with Crippen LogP contribution in [-0.4, -0.2) is 27.6 Å². The highest BCUT2D eigenvalue weighted by Gasteiger charge is 2.16. The van der Waals surface area contributed by atoms with Gasteiger partial charge in [0.25, 0.3) is 0 Å². The fraction of sp³-hybridized carbons (Fsp3) is 0.474. The first-order chi connectivity index (χ1) is 11.0. The van der Waals surface area contributed by atoms with Crippen molar-refractivity contribution in [2.45, 2.75) is 53.0 Å². The van der Waals surface area contributed by atoms with E-state index >= 15 is 0 Å². The molecule has 1 aromatic carbocycles. The molecule has 0 unspecified atom stereocenters. The number of unbranched alkanes of at least 4 members (excludes halogenated alkanes) is 2. The number of carbonyl (C=O) groups excluding carboxylic acids is 1. The van der Waals surface area contributed by atoms with Gasteiger partial charge in [-0.15, -0.1) is 0 Å². The van der Waals surface area contributed by atoms with Crippen molar-refractivity contribution in [3.05, 3.63) is 47.3 Å². The van der Waals surface area contributed by atoms with Gasteiger partial charge in [-0.1, -0.05) is 38.0 Å². The third kappa shape index (κ3) is 4.21. The number of nitrogens with zero attached hydrogens (tertiary/aromatic N) is 3. The summed E-state index contributed by atoms with van der Waals surface area (Å²) >= 11 is 0. The number of hydrogen-bond acceptors (Lipinski definition) is 2. The number of hydrogen-bond donors (Lipinski definition) is 0. The molecule has 0 saturated carbocycles. The molecule has 23 heavy (non-hydrogen) atoms. The third-order valence-electron chi connectivity index (χ3n) is 4.26. The number of aromatic nitrogens is 2. The monoisotopic (exact) mass is 313 g/mol. The van der Waals surface area contributed by atoms with Gasteiger partial charge in [0, 0.05) is 31.3 Å². The first-order valence-corrected chi connectivity index (χ1v) is 8.39. The molecular formula is C19H27N3O. The highest BCUT2D eigenvalue weighted by atomic mass is 16.2. The molecule has 0 fully saturated rings. The Morgan fingerprint density at radius 2 is 1.87 bits per heavy atom. The van der Waals surface area contributed by atoms with Gasteiger partial charge in [-0.05, 0) is 32.4 Å². The Bertz CT molecular complexity index is 646. The Labute approximate surface area is 139 Å². The van der Waals surface area contributed by atoms with Gasteiger partial charge in [-0.3, -0.25) is 4.79 Å². The van der Waals surface area contributed by atoms with Gasteiger partial charge >= 0.3 is 0 Å². The number of benzene rings is 1. The summed E-state index contributed by atoms with van der Waals surface area (Å²) in [5.74, 6) is 0.213. The number of aryl methyl sites for hydroxylation is 1. The second-order valence-electron chi connectivity index (χ2n) is 6.10. The molecular weight excluding hydrogens is 286 g/mol. The molecule has 4 heteroatoms. The van der Waals surface area contributed by atoms with Crippen LogP contribution in [0.15, 0.2) is 30.3 Å². The van der Waals surface area contributed by atoms with Gasteiger partial charge in [-0.2, -0.15) is 5.10 Å². The van der Waals surface area contributed by atoms with E-state index in [1.807, 2.05) is 53.9 Å². The van der Waals surface area contributed by atoms with Crippen LogP contribution in [0, 0.1) is 13.8 Å². The van der Waals surface area contributed by atoms with E-state index in [1.165, 1.54) is 0 Å². The van der Waals surface area contributed by atoms with Gasteiger partial charge in [0.15, 0.2) is 0 Å². The molecule has 0 atom stereocenters. The van der Waals surface area contributed by atoms with Crippen LogP contribution < -0.4 is 0 Å². The number of carbonyl (C=O) groups is 1. The number of amides is 1. The summed E-state index contributed by atoms with van der Waals surface area (Å²) in [6, 6.07) is 10.1. The molecule has 0 spiro atoms. The number of rotatable bonds is 7. The minimum Gasteiger partial charge on any atom is -0.341 e. The molecule has 2 aromatic rings. The van der Waals surface area contributed by atoms with Gasteiger partial charge in [0.2, 0.25) is 5.91 Å². The average molecular weight is 313 g/mol. The summed E-state index contributed by atoms with van der Waals surface area (Å²) in [6.45, 7) is 6.85. The topological polar surface area (TPSA) is 38.1 Å². The van der Waals surface area contributed by atoms with Crippen molar-refractivity contribution in [2.75, 3.05) is 7.05 Å². The van der Waals surface area contributed by atoms with Gasteiger partial charge < -0.3 is 4.90 Å². The quantitative estimate of drug-likeness (QED) is 0.724. The van der Waals surface area contributed by atoms with Crippen LogP contribution in [0.3, 0.4) is 0 Å². The molecule has 0 saturated heterocycles. The van der Waals surface area contributed by atoms with Crippen LogP contribution in [-0.2, 0) is 11.3 Å².